The molecule has 2 heterocycles. The van der Waals surface area contributed by atoms with Crippen molar-refractivity contribution in [2.45, 2.75) is 37.9 Å². The zero-order valence-corrected chi connectivity index (χ0v) is 18.4. The molecule has 1 unspecified atom stereocenters. The summed E-state index contributed by atoms with van der Waals surface area (Å²) >= 11 is 1.32. The van der Waals surface area contributed by atoms with Crippen LogP contribution in [-0.4, -0.2) is 50.8 Å². The number of methoxy groups -OCH3 is 1. The first kappa shape index (κ1) is 21.3. The van der Waals surface area contributed by atoms with E-state index in [1.165, 1.54) is 43.2 Å². The van der Waals surface area contributed by atoms with Gasteiger partial charge in [-0.25, -0.2) is 9.98 Å². The van der Waals surface area contributed by atoms with Crippen LogP contribution in [0.15, 0.2) is 47.8 Å². The number of carbonyl (C=O) groups excluding carboxylic acids is 2. The maximum absolute atomic E-state index is 13.2. The minimum atomic E-state index is -0.530. The first-order chi connectivity index (χ1) is 15.0. The third kappa shape index (κ3) is 5.22. The highest BCUT2D eigenvalue weighted by Gasteiger charge is 2.42. The standard InChI is InChI=1S/C22H25N5O3S/c1-22(7-8-22)9-12-27-20(29)17(13-19(28)26-18-14-23-10-11-24-18)31-21(27)25-15-5-3-4-6-16(15)30-2/h3-6,10-11,14,17H,7-9,12-13H2,1-2H3,(H,24,26,28). The van der Waals surface area contributed by atoms with Crippen molar-refractivity contribution in [1.29, 1.82) is 0 Å². The molecule has 2 fully saturated rings. The SMILES string of the molecule is COc1ccccc1N=C1SC(CC(=O)Nc2cnccn2)C(=O)N1CCC1(C)CC1. The van der Waals surface area contributed by atoms with Crippen molar-refractivity contribution >= 4 is 40.2 Å². The van der Waals surface area contributed by atoms with E-state index in [4.69, 9.17) is 9.73 Å². The molecule has 2 amide bonds. The second kappa shape index (κ2) is 9.05. The average molecular weight is 440 g/mol. The molecule has 31 heavy (non-hydrogen) atoms. The molecule has 1 aliphatic heterocycles. The van der Waals surface area contributed by atoms with E-state index < -0.39 is 5.25 Å². The lowest BCUT2D eigenvalue weighted by Gasteiger charge is -2.19. The van der Waals surface area contributed by atoms with Gasteiger partial charge in [0.05, 0.1) is 13.3 Å². The fourth-order valence-corrected chi connectivity index (χ4v) is 4.50. The second-order valence-corrected chi connectivity index (χ2v) is 9.24. The van der Waals surface area contributed by atoms with Gasteiger partial charge in [0.1, 0.15) is 16.7 Å². The van der Waals surface area contributed by atoms with Crippen LogP contribution < -0.4 is 10.1 Å². The fourth-order valence-electron chi connectivity index (χ4n) is 3.33. The number of thioether (sulfide) groups is 1. The van der Waals surface area contributed by atoms with Gasteiger partial charge in [-0.3, -0.25) is 19.5 Å². The van der Waals surface area contributed by atoms with Crippen LogP contribution in [-0.2, 0) is 9.59 Å². The minimum absolute atomic E-state index is 0.0405. The quantitative estimate of drug-likeness (QED) is 0.675. The van der Waals surface area contributed by atoms with E-state index in [2.05, 4.69) is 22.2 Å². The van der Waals surface area contributed by atoms with Crippen molar-refractivity contribution in [2.24, 2.45) is 10.4 Å². The zero-order valence-electron chi connectivity index (χ0n) is 17.6. The van der Waals surface area contributed by atoms with E-state index in [-0.39, 0.29) is 18.2 Å². The van der Waals surface area contributed by atoms with Crippen molar-refractivity contribution in [1.82, 2.24) is 14.9 Å². The molecule has 0 bridgehead atoms. The van der Waals surface area contributed by atoms with Crippen LogP contribution in [0.4, 0.5) is 11.5 Å². The molecule has 0 radical (unpaired) electrons. The van der Waals surface area contributed by atoms with Gasteiger partial charge in [0, 0.05) is 25.4 Å². The molecule has 2 aromatic rings. The summed E-state index contributed by atoms with van der Waals surface area (Å²) in [6.07, 6.45) is 7.84. The Morgan fingerprint density at radius 1 is 1.35 bits per heavy atom. The van der Waals surface area contributed by atoms with Gasteiger partial charge in [-0.05, 0) is 36.8 Å². The molecule has 9 heteroatoms. The van der Waals surface area contributed by atoms with Gasteiger partial charge < -0.3 is 10.1 Å². The Bertz CT molecular complexity index is 994. The summed E-state index contributed by atoms with van der Waals surface area (Å²) in [5.41, 5.74) is 0.967. The topological polar surface area (TPSA) is 96.8 Å². The number of para-hydroxylation sites is 2. The molecule has 0 spiro atoms. The predicted molar refractivity (Wildman–Crippen MR) is 120 cm³/mol. The van der Waals surface area contributed by atoms with Gasteiger partial charge in [-0.1, -0.05) is 30.8 Å². The van der Waals surface area contributed by atoms with Crippen molar-refractivity contribution in [3.8, 4) is 5.75 Å². The number of aromatic nitrogens is 2. The third-order valence-electron chi connectivity index (χ3n) is 5.57. The predicted octanol–water partition coefficient (Wildman–Crippen LogP) is 3.64. The first-order valence-corrected chi connectivity index (χ1v) is 11.1. The summed E-state index contributed by atoms with van der Waals surface area (Å²) in [5, 5.41) is 2.77. The number of hydrogen-bond acceptors (Lipinski definition) is 7. The Kier molecular flexibility index (Phi) is 6.22. The van der Waals surface area contributed by atoms with Gasteiger partial charge in [0.15, 0.2) is 11.0 Å². The van der Waals surface area contributed by atoms with Crippen molar-refractivity contribution in [3.63, 3.8) is 0 Å². The molecule has 1 saturated carbocycles. The lowest BCUT2D eigenvalue weighted by Crippen LogP contribution is -2.35. The molecule has 4 rings (SSSR count). The summed E-state index contributed by atoms with van der Waals surface area (Å²) in [5.74, 6) is 0.640. The van der Waals surface area contributed by atoms with E-state index in [1.54, 1.807) is 12.0 Å². The van der Waals surface area contributed by atoms with E-state index >= 15 is 0 Å². The Morgan fingerprint density at radius 3 is 2.87 bits per heavy atom. The van der Waals surface area contributed by atoms with Gasteiger partial charge in [0.25, 0.3) is 0 Å². The van der Waals surface area contributed by atoms with Gasteiger partial charge in [0.2, 0.25) is 11.8 Å². The molecule has 1 N–H and O–H groups in total. The third-order valence-corrected chi connectivity index (χ3v) is 6.74. The molecule has 2 aliphatic rings. The summed E-state index contributed by atoms with van der Waals surface area (Å²) in [7, 11) is 1.59. The summed E-state index contributed by atoms with van der Waals surface area (Å²) in [4.78, 5) is 40.1. The van der Waals surface area contributed by atoms with Crippen LogP contribution in [0, 0.1) is 5.41 Å². The smallest absolute Gasteiger partial charge is 0.242 e. The molecule has 1 aromatic carbocycles. The highest BCUT2D eigenvalue weighted by molar-refractivity contribution is 8.15. The number of amides is 2. The Hall–Kier alpha value is -2.94. The fraction of sp³-hybridized carbons (Fsp3) is 0.409. The largest absolute Gasteiger partial charge is 0.494 e. The number of ether oxygens (including phenoxy) is 1. The van der Waals surface area contributed by atoms with Crippen LogP contribution in [0.3, 0.4) is 0 Å². The number of amidine groups is 1. The number of rotatable bonds is 8. The van der Waals surface area contributed by atoms with Crippen molar-refractivity contribution in [3.05, 3.63) is 42.9 Å². The zero-order chi connectivity index (χ0) is 21.8. The number of benzene rings is 1. The monoisotopic (exact) mass is 439 g/mol. The average Bonchev–Trinajstić information content (AvgIpc) is 3.44. The number of hydrogen-bond donors (Lipinski definition) is 1. The second-order valence-electron chi connectivity index (χ2n) is 8.07. The Labute approximate surface area is 185 Å². The normalized spacial score (nSPS) is 20.7. The molecular formula is C22H25N5O3S. The number of aliphatic imine (C=N–C) groups is 1. The van der Waals surface area contributed by atoms with E-state index in [9.17, 15) is 9.59 Å². The lowest BCUT2D eigenvalue weighted by atomic mass is 10.1. The first-order valence-electron chi connectivity index (χ1n) is 10.2. The highest BCUT2D eigenvalue weighted by atomic mass is 32.2. The summed E-state index contributed by atoms with van der Waals surface area (Å²) in [6, 6.07) is 7.44. The molecule has 162 valence electrons. The molecular weight excluding hydrogens is 414 g/mol. The van der Waals surface area contributed by atoms with Crippen LogP contribution in [0.1, 0.15) is 32.6 Å². The van der Waals surface area contributed by atoms with Crippen molar-refractivity contribution < 1.29 is 14.3 Å². The molecule has 8 nitrogen and oxygen atoms in total. The van der Waals surface area contributed by atoms with Crippen molar-refractivity contribution in [2.75, 3.05) is 19.0 Å². The molecule has 1 aromatic heterocycles. The number of carbonyl (C=O) groups is 2. The number of anilines is 1. The Morgan fingerprint density at radius 2 is 2.16 bits per heavy atom. The molecule has 1 atom stereocenters. The van der Waals surface area contributed by atoms with E-state index in [0.717, 1.165) is 6.42 Å². The number of nitrogens with one attached hydrogen (secondary N) is 1. The summed E-state index contributed by atoms with van der Waals surface area (Å²) in [6.45, 7) is 2.84. The van der Waals surface area contributed by atoms with Crippen LogP contribution >= 0.6 is 11.8 Å². The lowest BCUT2D eigenvalue weighted by molar-refractivity contribution is -0.128. The van der Waals surface area contributed by atoms with Gasteiger partial charge in [-0.2, -0.15) is 0 Å². The van der Waals surface area contributed by atoms with E-state index in [1.807, 2.05) is 24.3 Å². The maximum atomic E-state index is 13.2. The summed E-state index contributed by atoms with van der Waals surface area (Å²) < 4.78 is 5.40. The maximum Gasteiger partial charge on any atom is 0.242 e. The van der Waals surface area contributed by atoms with Crippen LogP contribution in [0.5, 0.6) is 5.75 Å². The Balaban J connectivity index is 1.51. The van der Waals surface area contributed by atoms with Crippen LogP contribution in [0.25, 0.3) is 0 Å². The minimum Gasteiger partial charge on any atom is -0.494 e. The van der Waals surface area contributed by atoms with Gasteiger partial charge >= 0.3 is 0 Å². The molecule has 1 saturated heterocycles. The van der Waals surface area contributed by atoms with Crippen LogP contribution in [0.2, 0.25) is 0 Å². The van der Waals surface area contributed by atoms with Gasteiger partial charge in [-0.15, -0.1) is 0 Å². The highest BCUT2D eigenvalue weighted by Crippen LogP contribution is 2.48. The molecule has 1 aliphatic carbocycles. The number of nitrogens with zero attached hydrogens (tertiary/aromatic N) is 4. The van der Waals surface area contributed by atoms with E-state index in [0.29, 0.717) is 34.4 Å².